The van der Waals surface area contributed by atoms with Gasteiger partial charge in [0.1, 0.15) is 0 Å². The minimum Gasteiger partial charge on any atom is -0.338 e. The molecule has 4 N–H and O–H groups in total. The van der Waals surface area contributed by atoms with Crippen LogP contribution in [-0.2, 0) is 0 Å². The van der Waals surface area contributed by atoms with Crippen LogP contribution in [0.3, 0.4) is 0 Å². The van der Waals surface area contributed by atoms with Crippen LogP contribution in [0.1, 0.15) is 39.0 Å². The molecule has 1 rings (SSSR count). The van der Waals surface area contributed by atoms with E-state index < -0.39 is 0 Å². The van der Waals surface area contributed by atoms with Gasteiger partial charge in [0.2, 0.25) is 0 Å². The van der Waals surface area contributed by atoms with Gasteiger partial charge >= 0.3 is 6.03 Å². The van der Waals surface area contributed by atoms with Gasteiger partial charge in [-0.1, -0.05) is 6.92 Å². The molecule has 0 aliphatic carbocycles. The van der Waals surface area contributed by atoms with Crippen molar-refractivity contribution < 1.29 is 4.79 Å². The quantitative estimate of drug-likeness (QED) is 0.684. The van der Waals surface area contributed by atoms with Crippen molar-refractivity contribution in [2.24, 2.45) is 5.73 Å². The number of carbonyl (C=O) groups excluding carboxylic acids is 1. The largest absolute Gasteiger partial charge is 0.338 e. The molecule has 0 aromatic carbocycles. The summed E-state index contributed by atoms with van der Waals surface area (Å²) < 4.78 is 0. The van der Waals surface area contributed by atoms with Crippen molar-refractivity contribution in [2.75, 3.05) is 26.7 Å². The number of carbonyl (C=O) groups is 1. The van der Waals surface area contributed by atoms with Gasteiger partial charge in [0.15, 0.2) is 0 Å². The van der Waals surface area contributed by atoms with E-state index in [-0.39, 0.29) is 12.1 Å². The van der Waals surface area contributed by atoms with E-state index in [0.29, 0.717) is 12.6 Å². The second-order valence-electron chi connectivity index (χ2n) is 5.29. The minimum atomic E-state index is -0.0483. The molecule has 0 aromatic rings. The molecule has 1 aliphatic heterocycles. The maximum Gasteiger partial charge on any atom is 0.315 e. The maximum absolute atomic E-state index is 11.7. The average molecular weight is 256 g/mol. The zero-order valence-corrected chi connectivity index (χ0v) is 11.7. The number of nitrogens with one attached hydrogen (secondary N) is 2. The molecule has 1 heterocycles. The molecule has 0 bridgehead atoms. The smallest absolute Gasteiger partial charge is 0.315 e. The van der Waals surface area contributed by atoms with E-state index in [1.165, 1.54) is 0 Å². The Kier molecular flexibility index (Phi) is 7.05. The number of urea groups is 1. The van der Waals surface area contributed by atoms with Crippen molar-refractivity contribution in [3.63, 3.8) is 0 Å². The number of hydrogen-bond donors (Lipinski definition) is 3. The highest BCUT2D eigenvalue weighted by atomic mass is 16.2. The molecule has 1 aliphatic rings. The summed E-state index contributed by atoms with van der Waals surface area (Å²) in [6.07, 6.45) is 5.07. The highest BCUT2D eigenvalue weighted by molar-refractivity contribution is 5.74. The summed E-state index contributed by atoms with van der Waals surface area (Å²) in [6, 6.07) is 0.458. The zero-order chi connectivity index (χ0) is 13.4. The Morgan fingerprint density at radius 2 is 2.22 bits per heavy atom. The lowest BCUT2D eigenvalue weighted by atomic mass is 10.1. The van der Waals surface area contributed by atoms with Crippen LogP contribution in [0.5, 0.6) is 0 Å². The van der Waals surface area contributed by atoms with Crippen molar-refractivity contribution in [2.45, 2.75) is 51.1 Å². The van der Waals surface area contributed by atoms with Crippen molar-refractivity contribution in [3.8, 4) is 0 Å². The van der Waals surface area contributed by atoms with E-state index >= 15 is 0 Å². The molecule has 1 fully saturated rings. The monoisotopic (exact) mass is 256 g/mol. The first-order chi connectivity index (χ1) is 8.61. The summed E-state index contributed by atoms with van der Waals surface area (Å²) >= 11 is 0. The lowest BCUT2D eigenvalue weighted by Gasteiger charge is -2.17. The third-order valence-electron chi connectivity index (χ3n) is 3.61. The van der Waals surface area contributed by atoms with Gasteiger partial charge in [-0.3, -0.25) is 0 Å². The summed E-state index contributed by atoms with van der Waals surface area (Å²) in [4.78, 5) is 14.0. The molecule has 5 heteroatoms. The molecule has 18 heavy (non-hydrogen) atoms. The summed E-state index contributed by atoms with van der Waals surface area (Å²) in [7, 11) is 2.13. The molecule has 2 unspecified atom stereocenters. The second-order valence-corrected chi connectivity index (χ2v) is 5.29. The van der Waals surface area contributed by atoms with Crippen LogP contribution in [0.25, 0.3) is 0 Å². The summed E-state index contributed by atoms with van der Waals surface area (Å²) in [5, 5.41) is 5.94. The number of nitrogens with zero attached hydrogens (tertiary/aromatic N) is 1. The Bertz CT molecular complexity index is 247. The molecule has 5 nitrogen and oxygen atoms in total. The van der Waals surface area contributed by atoms with Gasteiger partial charge < -0.3 is 21.3 Å². The van der Waals surface area contributed by atoms with E-state index in [4.69, 9.17) is 5.73 Å². The molecule has 1 saturated heterocycles. The van der Waals surface area contributed by atoms with Crippen LogP contribution in [0.4, 0.5) is 4.79 Å². The Morgan fingerprint density at radius 1 is 1.44 bits per heavy atom. The topological polar surface area (TPSA) is 70.4 Å². The number of amides is 2. The van der Waals surface area contributed by atoms with E-state index in [2.05, 4.69) is 29.5 Å². The highest BCUT2D eigenvalue weighted by Crippen LogP contribution is 2.09. The Labute approximate surface area is 110 Å². The highest BCUT2D eigenvalue weighted by Gasteiger charge is 2.16. The molecule has 2 atom stereocenters. The molecule has 0 saturated carbocycles. The molecule has 0 spiro atoms. The predicted octanol–water partition coefficient (Wildman–Crippen LogP) is 0.897. The predicted molar refractivity (Wildman–Crippen MR) is 74.6 cm³/mol. The van der Waals surface area contributed by atoms with Gasteiger partial charge in [0.05, 0.1) is 0 Å². The first-order valence-corrected chi connectivity index (χ1v) is 7.10. The van der Waals surface area contributed by atoms with Crippen molar-refractivity contribution in [1.82, 2.24) is 15.5 Å². The Hall–Kier alpha value is -0.810. The van der Waals surface area contributed by atoms with Gasteiger partial charge in [-0.2, -0.15) is 0 Å². The number of likely N-dealkylation sites (tertiary alicyclic amines) is 1. The van der Waals surface area contributed by atoms with Crippen LogP contribution >= 0.6 is 0 Å². The van der Waals surface area contributed by atoms with Gasteiger partial charge in [0.25, 0.3) is 0 Å². The second kappa shape index (κ2) is 8.32. The van der Waals surface area contributed by atoms with Crippen LogP contribution < -0.4 is 16.4 Å². The van der Waals surface area contributed by atoms with Crippen LogP contribution in [0, 0.1) is 0 Å². The van der Waals surface area contributed by atoms with E-state index in [0.717, 1.165) is 45.2 Å². The van der Waals surface area contributed by atoms with Crippen molar-refractivity contribution >= 4 is 6.03 Å². The molecule has 0 aromatic heterocycles. The average Bonchev–Trinajstić information content (AvgIpc) is 2.54. The molecule has 2 amide bonds. The van der Waals surface area contributed by atoms with Gasteiger partial charge in [-0.15, -0.1) is 0 Å². The Balaban J connectivity index is 2.15. The molecule has 106 valence electrons. The lowest BCUT2D eigenvalue weighted by Crippen LogP contribution is -2.43. The third-order valence-corrected chi connectivity index (χ3v) is 3.61. The van der Waals surface area contributed by atoms with Crippen molar-refractivity contribution in [3.05, 3.63) is 0 Å². The number of rotatable bonds is 5. The lowest BCUT2D eigenvalue weighted by molar-refractivity contribution is 0.235. The molecule has 0 radical (unpaired) electrons. The van der Waals surface area contributed by atoms with Gasteiger partial charge in [0, 0.05) is 18.6 Å². The fourth-order valence-electron chi connectivity index (χ4n) is 2.20. The first kappa shape index (κ1) is 15.2. The van der Waals surface area contributed by atoms with Crippen molar-refractivity contribution in [1.29, 1.82) is 0 Å². The fourth-order valence-corrected chi connectivity index (χ4v) is 2.20. The zero-order valence-electron chi connectivity index (χ0n) is 11.7. The number of hydrogen-bond acceptors (Lipinski definition) is 3. The first-order valence-electron chi connectivity index (χ1n) is 7.10. The minimum absolute atomic E-state index is 0.0483. The van der Waals surface area contributed by atoms with Gasteiger partial charge in [-0.25, -0.2) is 4.79 Å². The normalized spacial score (nSPS) is 23.2. The standard InChI is InChI=1S/C13H28N4O/c1-3-11(14)6-8-15-13(18)16-12-5-4-9-17(2)10-7-12/h11-12H,3-10,14H2,1-2H3,(H2,15,16,18). The van der Waals surface area contributed by atoms with Crippen LogP contribution in [-0.4, -0.2) is 49.7 Å². The molecular formula is C13H28N4O. The van der Waals surface area contributed by atoms with E-state index in [1.54, 1.807) is 0 Å². The third kappa shape index (κ3) is 6.21. The van der Waals surface area contributed by atoms with E-state index in [1.807, 2.05) is 0 Å². The van der Waals surface area contributed by atoms with Crippen LogP contribution in [0.15, 0.2) is 0 Å². The Morgan fingerprint density at radius 3 is 2.94 bits per heavy atom. The van der Waals surface area contributed by atoms with E-state index in [9.17, 15) is 4.79 Å². The van der Waals surface area contributed by atoms with Crippen LogP contribution in [0.2, 0.25) is 0 Å². The van der Waals surface area contributed by atoms with Gasteiger partial charge in [-0.05, 0) is 52.2 Å². The number of nitrogens with two attached hydrogens (primary N) is 1. The maximum atomic E-state index is 11.7. The fraction of sp³-hybridized carbons (Fsp3) is 0.923. The summed E-state index contributed by atoms with van der Waals surface area (Å²) in [5.41, 5.74) is 5.80. The SMILES string of the molecule is CCC(N)CCNC(=O)NC1CCCN(C)CC1. The molecular weight excluding hydrogens is 228 g/mol. The summed E-state index contributed by atoms with van der Waals surface area (Å²) in [5.74, 6) is 0. The summed E-state index contributed by atoms with van der Waals surface area (Å²) in [6.45, 7) is 4.91.